The largest absolute Gasteiger partial charge is 0.472 e. The Labute approximate surface area is 242 Å². The molecule has 41 heavy (non-hydrogen) atoms. The number of piperidine rings is 1. The summed E-state index contributed by atoms with van der Waals surface area (Å²) in [5, 5.41) is 8.23. The number of fused-ring (bicyclic) bond motifs is 3. The number of benzene rings is 3. The standard InChI is InChI=1S/C22H22N2O2S.C10H8O3S/c25-22(16-7-10-26-13-16)23-17-4-5-21-19(12-17)20(14-27-21)15-6-9-24-8-2-1-3-18(24)11-15;11-14(12,13)10-6-5-8-3-1-2-4-9(8)7-10/h4-7,10,12-14,18H,1-3,8-9,11H2,(H,23,25);1-7H,(H,11,12,13). The number of furan rings is 1. The van der Waals surface area contributed by atoms with Crippen LogP contribution in [0.5, 0.6) is 0 Å². The van der Waals surface area contributed by atoms with Gasteiger partial charge in [-0.05, 0) is 89.5 Å². The number of hydrogen-bond acceptors (Lipinski definition) is 6. The average molecular weight is 587 g/mol. The number of anilines is 1. The average Bonchev–Trinajstić information content (AvgIpc) is 3.67. The lowest BCUT2D eigenvalue weighted by atomic mass is 9.89. The summed E-state index contributed by atoms with van der Waals surface area (Å²) < 4.78 is 36.7. The van der Waals surface area contributed by atoms with E-state index < -0.39 is 10.1 Å². The zero-order valence-electron chi connectivity index (χ0n) is 22.3. The van der Waals surface area contributed by atoms with Gasteiger partial charge in [0.05, 0.1) is 16.7 Å². The van der Waals surface area contributed by atoms with Gasteiger partial charge in [-0.1, -0.05) is 42.8 Å². The molecule has 1 fully saturated rings. The zero-order chi connectivity index (χ0) is 28.4. The summed E-state index contributed by atoms with van der Waals surface area (Å²) >= 11 is 1.78. The van der Waals surface area contributed by atoms with E-state index in [1.54, 1.807) is 29.5 Å². The second-order valence-electron chi connectivity index (χ2n) is 10.4. The third-order valence-corrected chi connectivity index (χ3v) is 9.57. The molecule has 0 aliphatic carbocycles. The summed E-state index contributed by atoms with van der Waals surface area (Å²) in [6, 6.07) is 20.4. The van der Waals surface area contributed by atoms with Crippen molar-refractivity contribution in [2.45, 2.75) is 36.6 Å². The van der Waals surface area contributed by atoms with Gasteiger partial charge in [0.1, 0.15) is 6.26 Å². The van der Waals surface area contributed by atoms with Crippen molar-refractivity contribution in [1.82, 2.24) is 4.90 Å². The minimum Gasteiger partial charge on any atom is -0.472 e. The van der Waals surface area contributed by atoms with Crippen LogP contribution in [0.25, 0.3) is 26.4 Å². The highest BCUT2D eigenvalue weighted by atomic mass is 32.2. The van der Waals surface area contributed by atoms with E-state index in [0.717, 1.165) is 29.4 Å². The van der Waals surface area contributed by atoms with E-state index in [2.05, 4.69) is 33.8 Å². The van der Waals surface area contributed by atoms with Crippen LogP contribution in [0, 0.1) is 0 Å². The zero-order valence-corrected chi connectivity index (χ0v) is 24.0. The van der Waals surface area contributed by atoms with Crippen LogP contribution in [0.3, 0.4) is 0 Å². The molecule has 2 aliphatic heterocycles. The smallest absolute Gasteiger partial charge is 0.294 e. The van der Waals surface area contributed by atoms with Crippen LogP contribution >= 0.6 is 11.3 Å². The second kappa shape index (κ2) is 11.6. The van der Waals surface area contributed by atoms with E-state index in [9.17, 15) is 13.2 Å². The molecule has 2 aromatic heterocycles. The van der Waals surface area contributed by atoms with Crippen molar-refractivity contribution in [3.8, 4) is 0 Å². The van der Waals surface area contributed by atoms with E-state index >= 15 is 0 Å². The first-order chi connectivity index (χ1) is 19.8. The first-order valence-corrected chi connectivity index (χ1v) is 15.9. The molecule has 1 amide bonds. The van der Waals surface area contributed by atoms with Gasteiger partial charge < -0.3 is 9.73 Å². The minimum atomic E-state index is -4.09. The summed E-state index contributed by atoms with van der Waals surface area (Å²) in [5.41, 5.74) is 4.15. The molecule has 7 nitrogen and oxygen atoms in total. The van der Waals surface area contributed by atoms with E-state index in [4.69, 9.17) is 8.97 Å². The van der Waals surface area contributed by atoms with Gasteiger partial charge in [-0.25, -0.2) is 0 Å². The van der Waals surface area contributed by atoms with Gasteiger partial charge in [0.15, 0.2) is 0 Å². The monoisotopic (exact) mass is 586 g/mol. The Morgan fingerprint density at radius 1 is 1.02 bits per heavy atom. The summed E-state index contributed by atoms with van der Waals surface area (Å²) in [4.78, 5) is 14.9. The third-order valence-electron chi connectivity index (χ3n) is 7.76. The van der Waals surface area contributed by atoms with E-state index in [0.29, 0.717) is 11.6 Å². The van der Waals surface area contributed by atoms with Crippen molar-refractivity contribution < 1.29 is 22.2 Å². The fraction of sp³-hybridized carbons (Fsp3) is 0.219. The summed E-state index contributed by atoms with van der Waals surface area (Å²) in [6.45, 7) is 2.30. The maximum Gasteiger partial charge on any atom is 0.294 e. The number of hydrogen-bond donors (Lipinski definition) is 2. The lowest BCUT2D eigenvalue weighted by Crippen LogP contribution is -2.41. The molecule has 0 radical (unpaired) electrons. The van der Waals surface area contributed by atoms with Gasteiger partial charge >= 0.3 is 0 Å². The fourth-order valence-corrected chi connectivity index (χ4v) is 7.08. The van der Waals surface area contributed by atoms with Crippen LogP contribution in [-0.4, -0.2) is 42.9 Å². The first-order valence-electron chi connectivity index (χ1n) is 13.6. The van der Waals surface area contributed by atoms with Crippen molar-refractivity contribution in [2.75, 3.05) is 18.4 Å². The highest BCUT2D eigenvalue weighted by Gasteiger charge is 2.27. The Kier molecular flexibility index (Phi) is 7.77. The Morgan fingerprint density at radius 3 is 2.68 bits per heavy atom. The molecule has 0 bridgehead atoms. The summed E-state index contributed by atoms with van der Waals surface area (Å²) in [7, 11) is -4.09. The lowest BCUT2D eigenvalue weighted by Gasteiger charge is -2.38. The van der Waals surface area contributed by atoms with Crippen molar-refractivity contribution in [1.29, 1.82) is 0 Å². The molecular formula is C32H30N2O5S2. The maximum atomic E-state index is 12.3. The van der Waals surface area contributed by atoms with Crippen LogP contribution in [0.4, 0.5) is 5.69 Å². The highest BCUT2D eigenvalue weighted by molar-refractivity contribution is 7.85. The molecule has 2 N–H and O–H groups in total. The van der Waals surface area contributed by atoms with Gasteiger partial charge in [0.25, 0.3) is 16.0 Å². The predicted octanol–water partition coefficient (Wildman–Crippen LogP) is 7.47. The Bertz CT molecular complexity index is 1840. The molecule has 210 valence electrons. The van der Waals surface area contributed by atoms with E-state index in [-0.39, 0.29) is 10.8 Å². The van der Waals surface area contributed by atoms with Gasteiger partial charge in [0, 0.05) is 28.4 Å². The fourth-order valence-electron chi connectivity index (χ4n) is 5.60. The highest BCUT2D eigenvalue weighted by Crippen LogP contribution is 2.38. The predicted molar refractivity (Wildman–Crippen MR) is 164 cm³/mol. The Hall–Kier alpha value is -3.76. The number of rotatable bonds is 4. The number of nitrogens with one attached hydrogen (secondary N) is 1. The van der Waals surface area contributed by atoms with Crippen LogP contribution in [0.1, 0.15) is 41.6 Å². The molecule has 1 atom stereocenters. The van der Waals surface area contributed by atoms with Gasteiger partial charge in [0.2, 0.25) is 0 Å². The molecule has 9 heteroatoms. The van der Waals surface area contributed by atoms with Gasteiger partial charge in [-0.2, -0.15) is 8.42 Å². The van der Waals surface area contributed by atoms with Gasteiger partial charge in [-0.3, -0.25) is 14.2 Å². The molecule has 0 saturated carbocycles. The maximum absolute atomic E-state index is 12.3. The van der Waals surface area contributed by atoms with Crippen molar-refractivity contribution in [3.05, 3.63) is 102 Å². The normalized spacial score (nSPS) is 17.4. The number of amides is 1. The van der Waals surface area contributed by atoms with E-state index in [1.807, 2.05) is 24.3 Å². The molecule has 1 saturated heterocycles. The van der Waals surface area contributed by atoms with Crippen LogP contribution < -0.4 is 5.32 Å². The molecule has 7 rings (SSSR count). The molecule has 1 unspecified atom stereocenters. The lowest BCUT2D eigenvalue weighted by molar-refractivity contribution is 0.102. The molecule has 2 aliphatic rings. The molecule has 3 aromatic carbocycles. The van der Waals surface area contributed by atoms with Crippen molar-refractivity contribution in [3.63, 3.8) is 0 Å². The van der Waals surface area contributed by atoms with E-state index in [1.165, 1.54) is 71.7 Å². The molecule has 0 spiro atoms. The number of carbonyl (C=O) groups excluding carboxylic acids is 1. The van der Waals surface area contributed by atoms with Gasteiger partial charge in [-0.15, -0.1) is 11.3 Å². The topological polar surface area (TPSA) is 99.9 Å². The van der Waals surface area contributed by atoms with Crippen LogP contribution in [0.15, 0.2) is 100 Å². The first kappa shape index (κ1) is 27.4. The molecule has 5 aromatic rings. The quantitative estimate of drug-likeness (QED) is 0.212. The van der Waals surface area contributed by atoms with Crippen molar-refractivity contribution in [2.24, 2.45) is 0 Å². The summed E-state index contributed by atoms with van der Waals surface area (Å²) in [5.74, 6) is -0.144. The van der Waals surface area contributed by atoms with Crippen LogP contribution in [-0.2, 0) is 10.1 Å². The number of carbonyl (C=O) groups is 1. The van der Waals surface area contributed by atoms with Crippen LogP contribution in [0.2, 0.25) is 0 Å². The number of thiophene rings is 1. The Morgan fingerprint density at radius 2 is 1.88 bits per heavy atom. The number of nitrogens with zero attached hydrogens (tertiary/aromatic N) is 1. The Balaban J connectivity index is 0.000000182. The van der Waals surface area contributed by atoms with Crippen molar-refractivity contribution >= 4 is 59.5 Å². The third kappa shape index (κ3) is 6.13. The molecular weight excluding hydrogens is 556 g/mol. The SMILES string of the molecule is O=C(Nc1ccc2scc(C3=CCN4CCCCC4C3)c2c1)c1ccoc1.O=S(=O)(O)c1ccc2ccccc2c1. The summed E-state index contributed by atoms with van der Waals surface area (Å²) in [6.07, 6.45) is 10.5. The minimum absolute atomic E-state index is 0.0730. The molecule has 4 heterocycles. The second-order valence-corrected chi connectivity index (χ2v) is 12.7.